The number of carboxylic acids is 1. The van der Waals surface area contributed by atoms with Gasteiger partial charge in [-0.25, -0.2) is 4.39 Å². The van der Waals surface area contributed by atoms with Gasteiger partial charge in [-0.2, -0.15) is 0 Å². The summed E-state index contributed by atoms with van der Waals surface area (Å²) in [4.78, 5) is 10.5. The van der Waals surface area contributed by atoms with E-state index >= 15 is 0 Å². The molecule has 1 rings (SSSR count). The SMILES string of the molecule is NC(C(=O)O)c1cc(F)ccc1Cl. The van der Waals surface area contributed by atoms with Crippen LogP contribution in [0.25, 0.3) is 0 Å². The van der Waals surface area contributed by atoms with E-state index in [-0.39, 0.29) is 10.6 Å². The maximum atomic E-state index is 12.7. The van der Waals surface area contributed by atoms with Gasteiger partial charge in [-0.05, 0) is 18.2 Å². The maximum absolute atomic E-state index is 12.7. The molecule has 0 fully saturated rings. The van der Waals surface area contributed by atoms with E-state index < -0.39 is 17.8 Å². The van der Waals surface area contributed by atoms with Crippen LogP contribution in [0.1, 0.15) is 11.6 Å². The molecule has 0 aliphatic heterocycles. The van der Waals surface area contributed by atoms with Crippen LogP contribution in [0.4, 0.5) is 4.39 Å². The van der Waals surface area contributed by atoms with Crippen LogP contribution in [0.5, 0.6) is 0 Å². The molecule has 0 aliphatic rings. The topological polar surface area (TPSA) is 63.3 Å². The molecule has 1 aromatic carbocycles. The molecule has 13 heavy (non-hydrogen) atoms. The van der Waals surface area contributed by atoms with Gasteiger partial charge >= 0.3 is 5.97 Å². The van der Waals surface area contributed by atoms with Crippen LogP contribution in [0.2, 0.25) is 5.02 Å². The van der Waals surface area contributed by atoms with Crippen molar-refractivity contribution >= 4 is 17.6 Å². The molecule has 70 valence electrons. The molecule has 0 radical (unpaired) electrons. The second-order valence-electron chi connectivity index (χ2n) is 2.48. The number of halogens is 2. The molecule has 0 saturated heterocycles. The largest absolute Gasteiger partial charge is 0.480 e. The van der Waals surface area contributed by atoms with Crippen molar-refractivity contribution in [2.24, 2.45) is 5.73 Å². The van der Waals surface area contributed by atoms with Crippen molar-refractivity contribution in [3.8, 4) is 0 Å². The third-order valence-electron chi connectivity index (χ3n) is 1.56. The fourth-order valence-corrected chi connectivity index (χ4v) is 1.12. The number of aliphatic carboxylic acids is 1. The number of nitrogens with two attached hydrogens (primary N) is 1. The van der Waals surface area contributed by atoms with Crippen LogP contribution < -0.4 is 5.73 Å². The summed E-state index contributed by atoms with van der Waals surface area (Å²) >= 11 is 5.63. The molecule has 0 aromatic heterocycles. The normalized spacial score (nSPS) is 12.5. The smallest absolute Gasteiger partial charge is 0.325 e. The first-order valence-corrected chi connectivity index (χ1v) is 3.83. The van der Waals surface area contributed by atoms with Crippen molar-refractivity contribution in [3.05, 3.63) is 34.6 Å². The Morgan fingerprint density at radius 1 is 1.62 bits per heavy atom. The van der Waals surface area contributed by atoms with Crippen LogP contribution in [-0.4, -0.2) is 11.1 Å². The fourth-order valence-electron chi connectivity index (χ4n) is 0.886. The monoisotopic (exact) mass is 203 g/mol. The molecular formula is C8H7ClFNO2. The van der Waals surface area contributed by atoms with Gasteiger partial charge in [0.2, 0.25) is 0 Å². The van der Waals surface area contributed by atoms with E-state index in [1.165, 1.54) is 6.07 Å². The highest BCUT2D eigenvalue weighted by Crippen LogP contribution is 2.22. The molecule has 1 unspecified atom stereocenters. The van der Waals surface area contributed by atoms with Gasteiger partial charge in [-0.15, -0.1) is 0 Å². The highest BCUT2D eigenvalue weighted by Gasteiger charge is 2.17. The van der Waals surface area contributed by atoms with E-state index in [0.717, 1.165) is 12.1 Å². The summed E-state index contributed by atoms with van der Waals surface area (Å²) in [6, 6.07) is 2.14. The Hall–Kier alpha value is -1.13. The van der Waals surface area contributed by atoms with Crippen LogP contribution in [0.15, 0.2) is 18.2 Å². The quantitative estimate of drug-likeness (QED) is 0.767. The summed E-state index contributed by atoms with van der Waals surface area (Å²) in [5, 5.41) is 8.69. The summed E-state index contributed by atoms with van der Waals surface area (Å²) in [6.45, 7) is 0. The Bertz CT molecular complexity index is 343. The summed E-state index contributed by atoms with van der Waals surface area (Å²) in [5.41, 5.74) is 5.33. The van der Waals surface area contributed by atoms with Gasteiger partial charge in [0.15, 0.2) is 0 Å². The number of carbonyl (C=O) groups is 1. The van der Waals surface area contributed by atoms with Gasteiger partial charge in [0.05, 0.1) is 0 Å². The molecule has 0 aliphatic carbocycles. The lowest BCUT2D eigenvalue weighted by Gasteiger charge is -2.08. The molecule has 0 amide bonds. The third-order valence-corrected chi connectivity index (χ3v) is 1.90. The number of hydrogen-bond donors (Lipinski definition) is 2. The van der Waals surface area contributed by atoms with E-state index in [1.54, 1.807) is 0 Å². The maximum Gasteiger partial charge on any atom is 0.325 e. The Labute approximate surface area is 78.9 Å². The fraction of sp³-hybridized carbons (Fsp3) is 0.125. The lowest BCUT2D eigenvalue weighted by atomic mass is 10.1. The van der Waals surface area contributed by atoms with Crippen molar-refractivity contribution in [2.45, 2.75) is 6.04 Å². The summed E-state index contributed by atoms with van der Waals surface area (Å²) in [6.07, 6.45) is 0. The minimum atomic E-state index is -1.29. The van der Waals surface area contributed by atoms with Gasteiger partial charge in [0.1, 0.15) is 11.9 Å². The minimum Gasteiger partial charge on any atom is -0.480 e. The lowest BCUT2D eigenvalue weighted by molar-refractivity contribution is -0.138. The van der Waals surface area contributed by atoms with Crippen LogP contribution in [0, 0.1) is 5.82 Å². The Kier molecular flexibility index (Phi) is 2.85. The molecule has 0 bridgehead atoms. The predicted octanol–water partition coefficient (Wildman–Crippen LogP) is 1.56. The molecule has 0 heterocycles. The van der Waals surface area contributed by atoms with E-state index in [2.05, 4.69) is 0 Å². The van der Waals surface area contributed by atoms with Crippen molar-refractivity contribution in [2.75, 3.05) is 0 Å². The number of benzene rings is 1. The van der Waals surface area contributed by atoms with Gasteiger partial charge in [-0.1, -0.05) is 11.6 Å². The molecule has 3 N–H and O–H groups in total. The van der Waals surface area contributed by atoms with E-state index in [4.69, 9.17) is 22.4 Å². The average molecular weight is 204 g/mol. The Morgan fingerprint density at radius 2 is 2.23 bits per heavy atom. The molecule has 1 aromatic rings. The van der Waals surface area contributed by atoms with Crippen molar-refractivity contribution < 1.29 is 14.3 Å². The molecule has 5 heteroatoms. The first-order chi connectivity index (χ1) is 6.02. The van der Waals surface area contributed by atoms with Crippen molar-refractivity contribution in [1.29, 1.82) is 0 Å². The van der Waals surface area contributed by atoms with E-state index in [1.807, 2.05) is 0 Å². The molecule has 3 nitrogen and oxygen atoms in total. The van der Waals surface area contributed by atoms with Crippen LogP contribution >= 0.6 is 11.6 Å². The summed E-state index contributed by atoms with van der Waals surface area (Å²) in [5.74, 6) is -1.80. The molecule has 1 atom stereocenters. The van der Waals surface area contributed by atoms with Crippen LogP contribution in [0.3, 0.4) is 0 Å². The Morgan fingerprint density at radius 3 is 2.77 bits per heavy atom. The Balaban J connectivity index is 3.12. The van der Waals surface area contributed by atoms with Crippen molar-refractivity contribution in [3.63, 3.8) is 0 Å². The van der Waals surface area contributed by atoms with Crippen molar-refractivity contribution in [1.82, 2.24) is 0 Å². The molecule has 0 saturated carbocycles. The predicted molar refractivity (Wildman–Crippen MR) is 46.0 cm³/mol. The van der Waals surface area contributed by atoms with Gasteiger partial charge in [-0.3, -0.25) is 4.79 Å². The number of hydrogen-bond acceptors (Lipinski definition) is 2. The van der Waals surface area contributed by atoms with Gasteiger partial charge < -0.3 is 10.8 Å². The third kappa shape index (κ3) is 2.17. The number of rotatable bonds is 2. The zero-order valence-electron chi connectivity index (χ0n) is 6.50. The zero-order valence-corrected chi connectivity index (χ0v) is 7.25. The first kappa shape index (κ1) is 9.95. The summed E-state index contributed by atoms with van der Waals surface area (Å²) < 4.78 is 12.7. The van der Waals surface area contributed by atoms with Gasteiger partial charge in [0.25, 0.3) is 0 Å². The zero-order chi connectivity index (χ0) is 10.0. The van der Waals surface area contributed by atoms with Crippen LogP contribution in [-0.2, 0) is 4.79 Å². The molecular weight excluding hydrogens is 197 g/mol. The summed E-state index contributed by atoms with van der Waals surface area (Å²) in [7, 11) is 0. The second-order valence-corrected chi connectivity index (χ2v) is 2.89. The minimum absolute atomic E-state index is 0.0779. The second kappa shape index (κ2) is 3.72. The highest BCUT2D eigenvalue weighted by molar-refractivity contribution is 6.31. The number of carboxylic acid groups (broad SMARTS) is 1. The van der Waals surface area contributed by atoms with E-state index in [0.29, 0.717) is 0 Å². The molecule has 0 spiro atoms. The average Bonchev–Trinajstić information content (AvgIpc) is 2.08. The highest BCUT2D eigenvalue weighted by atomic mass is 35.5. The van der Waals surface area contributed by atoms with Gasteiger partial charge in [0, 0.05) is 10.6 Å². The first-order valence-electron chi connectivity index (χ1n) is 3.45. The standard InChI is InChI=1S/C8H7ClFNO2/c9-6-2-1-4(10)3-5(6)7(11)8(12)13/h1-3,7H,11H2,(H,12,13). The lowest BCUT2D eigenvalue weighted by Crippen LogP contribution is -2.21. The van der Waals surface area contributed by atoms with E-state index in [9.17, 15) is 9.18 Å².